The lowest BCUT2D eigenvalue weighted by Gasteiger charge is -2.31. The number of hydrogen-bond acceptors (Lipinski definition) is 5. The quantitative estimate of drug-likeness (QED) is 0.694. The fraction of sp³-hybridized carbons (Fsp3) is 0.750. The van der Waals surface area contributed by atoms with Gasteiger partial charge in [-0.2, -0.15) is 0 Å². The number of piperidine rings is 1. The molecule has 2 aliphatic heterocycles. The van der Waals surface area contributed by atoms with E-state index < -0.39 is 0 Å². The van der Waals surface area contributed by atoms with Crippen LogP contribution in [0.25, 0.3) is 0 Å². The van der Waals surface area contributed by atoms with Crippen LogP contribution in [0.3, 0.4) is 0 Å². The summed E-state index contributed by atoms with van der Waals surface area (Å²) < 4.78 is 4.73. The Labute approximate surface area is 111 Å². The van der Waals surface area contributed by atoms with Crippen molar-refractivity contribution in [2.45, 2.75) is 12.8 Å². The van der Waals surface area contributed by atoms with E-state index in [2.05, 4.69) is 5.32 Å². The van der Waals surface area contributed by atoms with Gasteiger partial charge in [0.05, 0.1) is 19.6 Å². The van der Waals surface area contributed by atoms with Crippen LogP contribution in [0.2, 0.25) is 0 Å². The fourth-order valence-corrected chi connectivity index (χ4v) is 2.54. The van der Waals surface area contributed by atoms with Crippen LogP contribution in [-0.4, -0.2) is 67.5 Å². The van der Waals surface area contributed by atoms with Gasteiger partial charge in [-0.3, -0.25) is 19.4 Å². The van der Waals surface area contributed by atoms with Gasteiger partial charge in [-0.15, -0.1) is 0 Å². The Bertz CT molecular complexity index is 385. The first-order valence-corrected chi connectivity index (χ1v) is 6.50. The average molecular weight is 269 g/mol. The lowest BCUT2D eigenvalue weighted by molar-refractivity contribution is -0.148. The third-order valence-electron chi connectivity index (χ3n) is 3.56. The van der Waals surface area contributed by atoms with E-state index in [-0.39, 0.29) is 30.4 Å². The van der Waals surface area contributed by atoms with Crippen molar-refractivity contribution in [1.82, 2.24) is 15.1 Å². The number of imide groups is 1. The van der Waals surface area contributed by atoms with Gasteiger partial charge in [0.25, 0.3) is 0 Å². The number of nitrogens with zero attached hydrogens (tertiary/aromatic N) is 2. The van der Waals surface area contributed by atoms with Gasteiger partial charge in [0.2, 0.25) is 5.91 Å². The summed E-state index contributed by atoms with van der Waals surface area (Å²) in [5.41, 5.74) is 0. The summed E-state index contributed by atoms with van der Waals surface area (Å²) in [6.07, 6.45) is 1.65. The first kappa shape index (κ1) is 13.8. The molecule has 7 nitrogen and oxygen atoms in total. The predicted molar refractivity (Wildman–Crippen MR) is 66.3 cm³/mol. The van der Waals surface area contributed by atoms with Gasteiger partial charge in [-0.25, -0.2) is 4.79 Å². The summed E-state index contributed by atoms with van der Waals surface area (Å²) >= 11 is 0. The third-order valence-corrected chi connectivity index (χ3v) is 3.56. The van der Waals surface area contributed by atoms with Gasteiger partial charge in [-0.05, 0) is 19.4 Å². The Hall–Kier alpha value is -1.63. The normalized spacial score (nSPS) is 24.2. The lowest BCUT2D eigenvalue weighted by atomic mass is 9.98. The van der Waals surface area contributed by atoms with Crippen molar-refractivity contribution >= 4 is 17.9 Å². The highest BCUT2D eigenvalue weighted by molar-refractivity contribution is 5.96. The smallest absolute Gasteiger partial charge is 0.324 e. The molecule has 106 valence electrons. The second-order valence-corrected chi connectivity index (χ2v) is 4.87. The number of methoxy groups -OCH3 is 1. The zero-order valence-electron chi connectivity index (χ0n) is 11.1. The molecule has 1 atom stereocenters. The Morgan fingerprint density at radius 2 is 2.21 bits per heavy atom. The number of amides is 3. The number of hydrogen-bond donors (Lipinski definition) is 1. The SMILES string of the molecule is COC(=O)C1CCCN(CC(=O)N2CCNC2=O)C1. The summed E-state index contributed by atoms with van der Waals surface area (Å²) in [4.78, 5) is 38.0. The van der Waals surface area contributed by atoms with Crippen molar-refractivity contribution in [3.8, 4) is 0 Å². The van der Waals surface area contributed by atoms with Crippen molar-refractivity contribution in [1.29, 1.82) is 0 Å². The van der Waals surface area contributed by atoms with Gasteiger partial charge in [0.1, 0.15) is 0 Å². The molecule has 2 rings (SSSR count). The molecule has 0 aromatic rings. The molecular formula is C12H19N3O4. The number of ether oxygens (including phenoxy) is 1. The fourth-order valence-electron chi connectivity index (χ4n) is 2.54. The molecule has 0 spiro atoms. The molecule has 2 heterocycles. The molecule has 0 aliphatic carbocycles. The number of carbonyl (C=O) groups excluding carboxylic acids is 3. The van der Waals surface area contributed by atoms with Gasteiger partial charge in [0.15, 0.2) is 0 Å². The van der Waals surface area contributed by atoms with Crippen molar-refractivity contribution < 1.29 is 19.1 Å². The zero-order chi connectivity index (χ0) is 13.8. The van der Waals surface area contributed by atoms with Crippen LogP contribution in [0, 0.1) is 5.92 Å². The van der Waals surface area contributed by atoms with Crippen molar-refractivity contribution in [3.05, 3.63) is 0 Å². The van der Waals surface area contributed by atoms with E-state index >= 15 is 0 Å². The molecule has 19 heavy (non-hydrogen) atoms. The molecular weight excluding hydrogens is 250 g/mol. The van der Waals surface area contributed by atoms with Gasteiger partial charge >= 0.3 is 12.0 Å². The molecule has 2 aliphatic rings. The van der Waals surface area contributed by atoms with Crippen LogP contribution in [0.15, 0.2) is 0 Å². The van der Waals surface area contributed by atoms with E-state index in [4.69, 9.17) is 4.74 Å². The Morgan fingerprint density at radius 3 is 2.84 bits per heavy atom. The Kier molecular flexibility index (Phi) is 4.36. The first-order valence-electron chi connectivity index (χ1n) is 6.50. The highest BCUT2D eigenvalue weighted by Gasteiger charge is 2.31. The Balaban J connectivity index is 1.86. The highest BCUT2D eigenvalue weighted by Crippen LogP contribution is 2.17. The van der Waals surface area contributed by atoms with Crippen LogP contribution in [0.5, 0.6) is 0 Å². The predicted octanol–water partition coefficient (Wildman–Crippen LogP) is -0.577. The van der Waals surface area contributed by atoms with Crippen molar-refractivity contribution in [2.24, 2.45) is 5.92 Å². The number of urea groups is 1. The minimum Gasteiger partial charge on any atom is -0.469 e. The number of carbonyl (C=O) groups is 3. The van der Waals surface area contributed by atoms with Crippen LogP contribution in [0.1, 0.15) is 12.8 Å². The maximum Gasteiger partial charge on any atom is 0.324 e. The number of esters is 1. The summed E-state index contributed by atoms with van der Waals surface area (Å²) in [7, 11) is 1.38. The second kappa shape index (κ2) is 6.01. The maximum atomic E-state index is 12.0. The molecule has 0 aromatic carbocycles. The summed E-state index contributed by atoms with van der Waals surface area (Å²) in [6.45, 7) is 2.41. The molecule has 0 radical (unpaired) electrons. The second-order valence-electron chi connectivity index (χ2n) is 4.87. The molecule has 0 aromatic heterocycles. The summed E-state index contributed by atoms with van der Waals surface area (Å²) in [6, 6.07) is -0.327. The standard InChI is InChI=1S/C12H19N3O4/c1-19-11(17)9-3-2-5-14(7-9)8-10(16)15-6-4-13-12(15)18/h9H,2-8H2,1H3,(H,13,18). The molecule has 3 amide bonds. The molecule has 7 heteroatoms. The minimum absolute atomic E-state index is 0.168. The van der Waals surface area contributed by atoms with E-state index in [1.807, 2.05) is 4.90 Å². The largest absolute Gasteiger partial charge is 0.469 e. The lowest BCUT2D eigenvalue weighted by Crippen LogP contribution is -2.46. The molecule has 1 unspecified atom stereocenters. The third kappa shape index (κ3) is 3.23. The number of rotatable bonds is 3. The van der Waals surface area contributed by atoms with E-state index in [9.17, 15) is 14.4 Å². The van der Waals surface area contributed by atoms with Crippen molar-refractivity contribution in [3.63, 3.8) is 0 Å². The monoisotopic (exact) mass is 269 g/mol. The zero-order valence-corrected chi connectivity index (χ0v) is 11.1. The van der Waals surface area contributed by atoms with Crippen LogP contribution in [0.4, 0.5) is 4.79 Å². The molecule has 2 fully saturated rings. The molecule has 1 N–H and O–H groups in total. The van der Waals surface area contributed by atoms with E-state index in [1.165, 1.54) is 12.0 Å². The van der Waals surface area contributed by atoms with E-state index in [0.29, 0.717) is 19.6 Å². The van der Waals surface area contributed by atoms with E-state index in [0.717, 1.165) is 19.4 Å². The maximum absolute atomic E-state index is 12.0. The first-order chi connectivity index (χ1) is 9.11. The van der Waals surface area contributed by atoms with Crippen LogP contribution >= 0.6 is 0 Å². The molecule has 0 bridgehead atoms. The highest BCUT2D eigenvalue weighted by atomic mass is 16.5. The summed E-state index contributed by atoms with van der Waals surface area (Å²) in [5.74, 6) is -0.601. The van der Waals surface area contributed by atoms with Crippen LogP contribution in [-0.2, 0) is 14.3 Å². The molecule has 0 saturated carbocycles. The van der Waals surface area contributed by atoms with Gasteiger partial charge in [0, 0.05) is 19.6 Å². The van der Waals surface area contributed by atoms with Crippen LogP contribution < -0.4 is 5.32 Å². The summed E-state index contributed by atoms with van der Waals surface area (Å²) in [5, 5.41) is 2.60. The topological polar surface area (TPSA) is 79.0 Å². The molecule has 2 saturated heterocycles. The number of likely N-dealkylation sites (tertiary alicyclic amines) is 1. The van der Waals surface area contributed by atoms with Gasteiger partial charge in [-0.1, -0.05) is 0 Å². The van der Waals surface area contributed by atoms with Gasteiger partial charge < -0.3 is 10.1 Å². The number of nitrogens with one attached hydrogen (secondary N) is 1. The Morgan fingerprint density at radius 1 is 1.42 bits per heavy atom. The van der Waals surface area contributed by atoms with Crippen molar-refractivity contribution in [2.75, 3.05) is 39.8 Å². The average Bonchev–Trinajstić information content (AvgIpc) is 2.84. The minimum atomic E-state index is -0.327. The van der Waals surface area contributed by atoms with E-state index in [1.54, 1.807) is 0 Å².